The van der Waals surface area contributed by atoms with Gasteiger partial charge in [-0.2, -0.15) is 0 Å². The van der Waals surface area contributed by atoms with Crippen molar-refractivity contribution in [2.45, 2.75) is 20.4 Å². The maximum atomic E-state index is 11.8. The Morgan fingerprint density at radius 3 is 2.72 bits per heavy atom. The molecule has 0 aliphatic rings. The SMILES string of the molecule is Cc1sc(=O)n(Cc2ccc(C#CCO)s2)c1C. The predicted molar refractivity (Wildman–Crippen MR) is 75.4 cm³/mol. The minimum atomic E-state index is -0.129. The molecule has 94 valence electrons. The molecule has 0 unspecified atom stereocenters. The van der Waals surface area contributed by atoms with E-state index < -0.39 is 0 Å². The van der Waals surface area contributed by atoms with E-state index in [1.54, 1.807) is 15.9 Å². The first-order valence-electron chi connectivity index (χ1n) is 5.47. The zero-order valence-electron chi connectivity index (χ0n) is 10.2. The second-order valence-corrected chi connectivity index (χ2v) is 6.16. The Morgan fingerprint density at radius 2 is 2.11 bits per heavy atom. The standard InChI is InChI=1S/C13H13NO2S2/c1-9-10(2)17-13(16)14(9)8-12-6-5-11(18-12)4-3-7-15/h5-6,15H,7-8H2,1-2H3. The molecule has 0 atom stereocenters. The van der Waals surface area contributed by atoms with Crippen LogP contribution in [-0.4, -0.2) is 16.3 Å². The van der Waals surface area contributed by atoms with Crippen LogP contribution < -0.4 is 4.87 Å². The summed E-state index contributed by atoms with van der Waals surface area (Å²) < 4.78 is 1.79. The van der Waals surface area contributed by atoms with E-state index in [9.17, 15) is 4.79 Å². The molecule has 2 aromatic heterocycles. The minimum Gasteiger partial charge on any atom is -0.384 e. The van der Waals surface area contributed by atoms with E-state index in [0.717, 1.165) is 20.3 Å². The highest BCUT2D eigenvalue weighted by molar-refractivity contribution is 7.12. The van der Waals surface area contributed by atoms with Crippen molar-refractivity contribution in [1.29, 1.82) is 0 Å². The van der Waals surface area contributed by atoms with Crippen LogP contribution in [0.4, 0.5) is 0 Å². The van der Waals surface area contributed by atoms with Crippen molar-refractivity contribution in [1.82, 2.24) is 4.57 Å². The summed E-state index contributed by atoms with van der Waals surface area (Å²) in [5, 5.41) is 8.63. The van der Waals surface area contributed by atoms with Crippen LogP contribution in [0.3, 0.4) is 0 Å². The quantitative estimate of drug-likeness (QED) is 0.854. The highest BCUT2D eigenvalue weighted by atomic mass is 32.1. The van der Waals surface area contributed by atoms with E-state index in [4.69, 9.17) is 5.11 Å². The third-order valence-corrected chi connectivity index (χ3v) is 4.62. The Morgan fingerprint density at radius 1 is 1.33 bits per heavy atom. The van der Waals surface area contributed by atoms with Crippen LogP contribution in [0.5, 0.6) is 0 Å². The first-order chi connectivity index (χ1) is 8.61. The molecule has 18 heavy (non-hydrogen) atoms. The number of rotatable bonds is 2. The number of nitrogens with zero attached hydrogens (tertiary/aromatic N) is 1. The lowest BCUT2D eigenvalue weighted by atomic mass is 10.4. The Kier molecular flexibility index (Phi) is 4.02. The van der Waals surface area contributed by atoms with Crippen LogP contribution >= 0.6 is 22.7 Å². The predicted octanol–water partition coefficient (Wildman–Crippen LogP) is 1.98. The molecule has 0 amide bonds. The molecule has 2 heterocycles. The summed E-state index contributed by atoms with van der Waals surface area (Å²) in [6.07, 6.45) is 0. The summed E-state index contributed by atoms with van der Waals surface area (Å²) in [6.45, 7) is 4.40. The number of hydrogen-bond acceptors (Lipinski definition) is 4. The van der Waals surface area contributed by atoms with Gasteiger partial charge in [0.1, 0.15) is 6.61 Å². The number of aromatic nitrogens is 1. The average Bonchev–Trinajstić information content (AvgIpc) is 2.88. The number of aliphatic hydroxyl groups is 1. The van der Waals surface area contributed by atoms with Gasteiger partial charge in [0.2, 0.25) is 0 Å². The Hall–Kier alpha value is -1.35. The molecular weight excluding hydrogens is 266 g/mol. The van der Waals surface area contributed by atoms with E-state index in [1.807, 2.05) is 26.0 Å². The second-order valence-electron chi connectivity index (χ2n) is 3.82. The Labute approximate surface area is 113 Å². The third-order valence-electron chi connectivity index (χ3n) is 2.64. The fraction of sp³-hybridized carbons (Fsp3) is 0.308. The van der Waals surface area contributed by atoms with Crippen molar-refractivity contribution in [3.05, 3.63) is 42.1 Å². The molecule has 0 aliphatic heterocycles. The normalized spacial score (nSPS) is 10.2. The zero-order valence-corrected chi connectivity index (χ0v) is 11.8. The summed E-state index contributed by atoms with van der Waals surface area (Å²) in [5.41, 5.74) is 1.03. The lowest BCUT2D eigenvalue weighted by molar-refractivity contribution is 0.350. The highest BCUT2D eigenvalue weighted by Gasteiger charge is 2.08. The molecule has 2 rings (SSSR count). The number of aliphatic hydroxyl groups excluding tert-OH is 1. The fourth-order valence-electron chi connectivity index (χ4n) is 1.58. The molecule has 0 saturated carbocycles. The maximum Gasteiger partial charge on any atom is 0.307 e. The molecule has 0 saturated heterocycles. The molecule has 0 spiro atoms. The van der Waals surface area contributed by atoms with Crippen molar-refractivity contribution in [3.63, 3.8) is 0 Å². The van der Waals surface area contributed by atoms with Gasteiger partial charge in [-0.3, -0.25) is 9.36 Å². The molecule has 0 bridgehead atoms. The largest absolute Gasteiger partial charge is 0.384 e. The Bertz CT molecular complexity index is 667. The van der Waals surface area contributed by atoms with Gasteiger partial charge in [-0.25, -0.2) is 0 Å². The molecule has 0 aromatic carbocycles. The number of thiazole rings is 1. The van der Waals surface area contributed by atoms with Crippen molar-refractivity contribution in [3.8, 4) is 11.8 Å². The highest BCUT2D eigenvalue weighted by Crippen LogP contribution is 2.18. The van der Waals surface area contributed by atoms with Gasteiger partial charge < -0.3 is 5.11 Å². The second kappa shape index (κ2) is 5.53. The van der Waals surface area contributed by atoms with Gasteiger partial charge in [-0.15, -0.1) is 11.3 Å². The summed E-state index contributed by atoms with van der Waals surface area (Å²) in [7, 11) is 0. The third kappa shape index (κ3) is 2.72. The number of thiophene rings is 1. The van der Waals surface area contributed by atoms with E-state index in [0.29, 0.717) is 6.54 Å². The van der Waals surface area contributed by atoms with E-state index in [1.165, 1.54) is 11.3 Å². The first-order valence-corrected chi connectivity index (χ1v) is 7.10. The van der Waals surface area contributed by atoms with Crippen LogP contribution in [0.15, 0.2) is 16.9 Å². The zero-order chi connectivity index (χ0) is 13.1. The first kappa shape index (κ1) is 13.1. The van der Waals surface area contributed by atoms with E-state index in [2.05, 4.69) is 11.8 Å². The van der Waals surface area contributed by atoms with Crippen LogP contribution in [-0.2, 0) is 6.54 Å². The lowest BCUT2D eigenvalue weighted by Crippen LogP contribution is -2.14. The molecule has 2 aromatic rings. The van der Waals surface area contributed by atoms with Gasteiger partial charge >= 0.3 is 4.87 Å². The van der Waals surface area contributed by atoms with Gasteiger partial charge in [0.05, 0.1) is 11.4 Å². The van der Waals surface area contributed by atoms with Gasteiger partial charge in [0.25, 0.3) is 0 Å². The topological polar surface area (TPSA) is 42.2 Å². The Balaban J connectivity index is 2.24. The maximum absolute atomic E-state index is 11.8. The van der Waals surface area contributed by atoms with Crippen molar-refractivity contribution in [2.75, 3.05) is 6.61 Å². The number of hydrogen-bond donors (Lipinski definition) is 1. The average molecular weight is 279 g/mol. The van der Waals surface area contributed by atoms with Crippen LogP contribution in [0, 0.1) is 25.7 Å². The summed E-state index contributed by atoms with van der Waals surface area (Å²) in [5.74, 6) is 5.49. The molecule has 3 nitrogen and oxygen atoms in total. The van der Waals surface area contributed by atoms with E-state index in [-0.39, 0.29) is 11.5 Å². The number of aryl methyl sites for hydroxylation is 1. The van der Waals surface area contributed by atoms with Crippen molar-refractivity contribution >= 4 is 22.7 Å². The van der Waals surface area contributed by atoms with Crippen molar-refractivity contribution in [2.24, 2.45) is 0 Å². The fourth-order valence-corrected chi connectivity index (χ4v) is 3.29. The van der Waals surface area contributed by atoms with Gasteiger partial charge in [-0.05, 0) is 26.0 Å². The molecule has 0 radical (unpaired) electrons. The van der Waals surface area contributed by atoms with Crippen LogP contribution in [0.2, 0.25) is 0 Å². The van der Waals surface area contributed by atoms with Crippen LogP contribution in [0.25, 0.3) is 0 Å². The molecule has 5 heteroatoms. The smallest absolute Gasteiger partial charge is 0.307 e. The van der Waals surface area contributed by atoms with Gasteiger partial charge in [-0.1, -0.05) is 23.2 Å². The van der Waals surface area contributed by atoms with Crippen molar-refractivity contribution < 1.29 is 5.11 Å². The monoisotopic (exact) mass is 279 g/mol. The minimum absolute atomic E-state index is 0.0846. The lowest BCUT2D eigenvalue weighted by Gasteiger charge is -2.01. The molecular formula is C13H13NO2S2. The summed E-state index contributed by atoms with van der Waals surface area (Å²) in [6, 6.07) is 3.90. The summed E-state index contributed by atoms with van der Waals surface area (Å²) >= 11 is 2.84. The van der Waals surface area contributed by atoms with Gasteiger partial charge in [0.15, 0.2) is 0 Å². The van der Waals surface area contributed by atoms with Crippen LogP contribution in [0.1, 0.15) is 20.3 Å². The summed E-state index contributed by atoms with van der Waals surface area (Å²) in [4.78, 5) is 14.9. The molecule has 0 fully saturated rings. The van der Waals surface area contributed by atoms with E-state index >= 15 is 0 Å². The van der Waals surface area contributed by atoms with Gasteiger partial charge in [0, 0.05) is 15.4 Å². The molecule has 1 N–H and O–H groups in total. The molecule has 0 aliphatic carbocycles.